The number of aliphatic hydroxyl groups excluding tert-OH is 1. The first kappa shape index (κ1) is 34.0. The maximum Gasteiger partial charge on any atom is 0.272 e. The molecule has 9 nitrogen and oxygen atoms in total. The standard InChI is InChI=1S/C35H42N4O5/c1-22-19-24(17-18-28(22)27-15-9-12-25(20-27)21-36)11-10-16-29(30(40)33(42)39-44)32(41)38-31(35(3,4)5)34(43)37-23(2)26-13-7-6-8-14-26/h6-9,12-15,17-20,23,29-31,40,44H,10-11,16H2,1-5H3,(H,37,43)(H,38,41)(H,39,42). The lowest BCUT2D eigenvalue weighted by molar-refractivity contribution is -0.147. The molecule has 9 heteroatoms. The van der Waals surface area contributed by atoms with Crippen LogP contribution < -0.4 is 16.1 Å². The molecule has 0 radical (unpaired) electrons. The SMILES string of the molecule is Cc1cc(CCCC(C(=O)NC(C(=O)NC(C)c2ccccc2)C(C)(C)C)C(O)C(=O)NO)ccc1-c1cccc(C#N)c1. The van der Waals surface area contributed by atoms with Gasteiger partial charge in [0, 0.05) is 0 Å². The van der Waals surface area contributed by atoms with E-state index in [4.69, 9.17) is 5.21 Å². The highest BCUT2D eigenvalue weighted by molar-refractivity contribution is 5.92. The van der Waals surface area contributed by atoms with Crippen LogP contribution >= 0.6 is 0 Å². The zero-order valence-corrected chi connectivity index (χ0v) is 25.9. The van der Waals surface area contributed by atoms with E-state index in [1.165, 1.54) is 5.48 Å². The lowest BCUT2D eigenvalue weighted by Gasteiger charge is -2.33. The second kappa shape index (κ2) is 15.3. The van der Waals surface area contributed by atoms with Gasteiger partial charge in [0.1, 0.15) is 12.1 Å². The molecule has 0 aliphatic carbocycles. The number of aliphatic hydroxyl groups is 1. The number of aryl methyl sites for hydroxylation is 2. The summed E-state index contributed by atoms with van der Waals surface area (Å²) in [5, 5.41) is 34.8. The molecule has 0 saturated carbocycles. The average molecular weight is 599 g/mol. The lowest BCUT2D eigenvalue weighted by Crippen LogP contribution is -2.56. The molecule has 232 valence electrons. The largest absolute Gasteiger partial charge is 0.382 e. The quantitative estimate of drug-likeness (QED) is 0.150. The van der Waals surface area contributed by atoms with Crippen molar-refractivity contribution >= 4 is 17.7 Å². The van der Waals surface area contributed by atoms with Gasteiger partial charge in [-0.1, -0.05) is 81.4 Å². The van der Waals surface area contributed by atoms with Crippen LogP contribution in [0.2, 0.25) is 0 Å². The zero-order chi connectivity index (χ0) is 32.4. The molecule has 0 aliphatic heterocycles. The Labute approximate surface area is 259 Å². The van der Waals surface area contributed by atoms with Gasteiger partial charge in [-0.3, -0.25) is 19.6 Å². The maximum absolute atomic E-state index is 13.5. The van der Waals surface area contributed by atoms with E-state index < -0.39 is 41.2 Å². The summed E-state index contributed by atoms with van der Waals surface area (Å²) in [6.45, 7) is 9.29. The van der Waals surface area contributed by atoms with Gasteiger partial charge in [-0.2, -0.15) is 5.26 Å². The number of nitrogens with one attached hydrogen (secondary N) is 3. The molecule has 3 aromatic rings. The van der Waals surface area contributed by atoms with Crippen LogP contribution in [0.3, 0.4) is 0 Å². The predicted octanol–water partition coefficient (Wildman–Crippen LogP) is 4.75. The number of hydrogen-bond donors (Lipinski definition) is 5. The van der Waals surface area contributed by atoms with Gasteiger partial charge in [0.25, 0.3) is 5.91 Å². The molecule has 0 heterocycles. The molecule has 0 spiro atoms. The second-order valence-electron chi connectivity index (χ2n) is 12.2. The Kier molecular flexibility index (Phi) is 11.8. The van der Waals surface area contributed by atoms with Crippen LogP contribution in [-0.2, 0) is 20.8 Å². The summed E-state index contributed by atoms with van der Waals surface area (Å²) in [4.78, 5) is 39.1. The third kappa shape index (κ3) is 8.99. The van der Waals surface area contributed by atoms with E-state index in [0.717, 1.165) is 27.8 Å². The molecule has 3 rings (SSSR count). The summed E-state index contributed by atoms with van der Waals surface area (Å²) in [5.74, 6) is -3.36. The van der Waals surface area contributed by atoms with Gasteiger partial charge in [0.05, 0.1) is 23.6 Å². The van der Waals surface area contributed by atoms with Crippen LogP contribution in [0.25, 0.3) is 11.1 Å². The number of rotatable bonds is 12. The number of nitriles is 1. The topological polar surface area (TPSA) is 152 Å². The van der Waals surface area contributed by atoms with Crippen LogP contribution in [0, 0.1) is 29.6 Å². The van der Waals surface area contributed by atoms with E-state index in [2.05, 4.69) is 16.7 Å². The number of benzene rings is 3. The summed E-state index contributed by atoms with van der Waals surface area (Å²) in [7, 11) is 0. The van der Waals surface area contributed by atoms with Crippen molar-refractivity contribution in [3.05, 3.63) is 95.1 Å². The van der Waals surface area contributed by atoms with Crippen LogP contribution in [0.15, 0.2) is 72.8 Å². The predicted molar refractivity (Wildman–Crippen MR) is 168 cm³/mol. The molecular formula is C35H42N4O5. The first-order valence-electron chi connectivity index (χ1n) is 14.7. The van der Waals surface area contributed by atoms with Gasteiger partial charge in [0.2, 0.25) is 11.8 Å². The average Bonchev–Trinajstić information content (AvgIpc) is 3.00. The van der Waals surface area contributed by atoms with Gasteiger partial charge in [-0.15, -0.1) is 0 Å². The van der Waals surface area contributed by atoms with Crippen molar-refractivity contribution in [2.75, 3.05) is 0 Å². The van der Waals surface area contributed by atoms with Crippen molar-refractivity contribution < 1.29 is 24.7 Å². The summed E-state index contributed by atoms with van der Waals surface area (Å²) < 4.78 is 0. The molecular weight excluding hydrogens is 556 g/mol. The smallest absolute Gasteiger partial charge is 0.272 e. The van der Waals surface area contributed by atoms with E-state index in [0.29, 0.717) is 18.4 Å². The highest BCUT2D eigenvalue weighted by Gasteiger charge is 2.38. The Morgan fingerprint density at radius 1 is 0.909 bits per heavy atom. The van der Waals surface area contributed by atoms with Crippen LogP contribution in [-0.4, -0.2) is 40.2 Å². The monoisotopic (exact) mass is 598 g/mol. The highest BCUT2D eigenvalue weighted by atomic mass is 16.5. The maximum atomic E-state index is 13.5. The number of hydroxylamine groups is 1. The normalized spacial score (nSPS) is 14.0. The highest BCUT2D eigenvalue weighted by Crippen LogP contribution is 2.27. The Hall–Kier alpha value is -4.52. The summed E-state index contributed by atoms with van der Waals surface area (Å²) in [6, 6.07) is 23.7. The minimum absolute atomic E-state index is 0.129. The molecule has 44 heavy (non-hydrogen) atoms. The van der Waals surface area contributed by atoms with Crippen LogP contribution in [0.1, 0.15) is 68.8 Å². The molecule has 0 saturated heterocycles. The number of carbonyl (C=O) groups excluding carboxylic acids is 3. The third-order valence-electron chi connectivity index (χ3n) is 7.74. The van der Waals surface area contributed by atoms with Crippen molar-refractivity contribution in [2.45, 2.75) is 72.1 Å². The van der Waals surface area contributed by atoms with Crippen LogP contribution in [0.4, 0.5) is 0 Å². The van der Waals surface area contributed by atoms with Gasteiger partial charge in [-0.25, -0.2) is 5.48 Å². The van der Waals surface area contributed by atoms with E-state index in [1.54, 1.807) is 6.07 Å². The molecule has 3 aromatic carbocycles. The summed E-state index contributed by atoms with van der Waals surface area (Å²) in [5.41, 5.74) is 6.21. The van der Waals surface area contributed by atoms with Crippen molar-refractivity contribution in [2.24, 2.45) is 11.3 Å². The Morgan fingerprint density at radius 3 is 2.23 bits per heavy atom. The van der Waals surface area contributed by atoms with Gasteiger partial charge >= 0.3 is 0 Å². The van der Waals surface area contributed by atoms with Crippen molar-refractivity contribution in [1.82, 2.24) is 16.1 Å². The minimum Gasteiger partial charge on any atom is -0.382 e. The van der Waals surface area contributed by atoms with Crippen molar-refractivity contribution in [3.63, 3.8) is 0 Å². The molecule has 0 aromatic heterocycles. The van der Waals surface area contributed by atoms with Crippen molar-refractivity contribution in [1.29, 1.82) is 5.26 Å². The lowest BCUT2D eigenvalue weighted by atomic mass is 9.84. The molecule has 4 atom stereocenters. The van der Waals surface area contributed by atoms with E-state index in [9.17, 15) is 24.8 Å². The number of hydrogen-bond acceptors (Lipinski definition) is 6. The number of carbonyl (C=O) groups is 3. The summed E-state index contributed by atoms with van der Waals surface area (Å²) >= 11 is 0. The molecule has 0 bridgehead atoms. The number of amides is 3. The fraction of sp³-hybridized carbons (Fsp3) is 0.371. The zero-order valence-electron chi connectivity index (χ0n) is 25.9. The van der Waals surface area contributed by atoms with Crippen molar-refractivity contribution in [3.8, 4) is 17.2 Å². The molecule has 0 aliphatic rings. The van der Waals surface area contributed by atoms with E-state index in [-0.39, 0.29) is 12.5 Å². The third-order valence-corrected chi connectivity index (χ3v) is 7.74. The first-order chi connectivity index (χ1) is 20.8. The molecule has 3 amide bonds. The molecule has 4 unspecified atom stereocenters. The van der Waals surface area contributed by atoms with Gasteiger partial charge < -0.3 is 15.7 Å². The Bertz CT molecular complexity index is 1490. The van der Waals surface area contributed by atoms with Gasteiger partial charge in [-0.05, 0) is 78.5 Å². The molecule has 5 N–H and O–H groups in total. The second-order valence-corrected chi connectivity index (χ2v) is 12.2. The van der Waals surface area contributed by atoms with Crippen LogP contribution in [0.5, 0.6) is 0 Å². The summed E-state index contributed by atoms with van der Waals surface area (Å²) in [6.07, 6.45) is -0.671. The van der Waals surface area contributed by atoms with Gasteiger partial charge in [0.15, 0.2) is 0 Å². The van der Waals surface area contributed by atoms with E-state index in [1.807, 2.05) is 101 Å². The first-order valence-corrected chi connectivity index (χ1v) is 14.7. The fourth-order valence-electron chi connectivity index (χ4n) is 5.22. The Balaban J connectivity index is 1.73. The van der Waals surface area contributed by atoms with E-state index >= 15 is 0 Å². The molecule has 0 fully saturated rings. The minimum atomic E-state index is -1.82. The number of nitrogens with zero attached hydrogens (tertiary/aromatic N) is 1. The fourth-order valence-corrected chi connectivity index (χ4v) is 5.22. The Morgan fingerprint density at radius 2 is 1.61 bits per heavy atom.